The van der Waals surface area contributed by atoms with Crippen LogP contribution in [-0.2, 0) is 11.2 Å². The van der Waals surface area contributed by atoms with Gasteiger partial charge in [0, 0.05) is 17.9 Å². The molecular weight excluding hydrogens is 360 g/mol. The van der Waals surface area contributed by atoms with Gasteiger partial charge < -0.3 is 15.0 Å². The van der Waals surface area contributed by atoms with Crippen molar-refractivity contribution in [1.29, 1.82) is 0 Å². The summed E-state index contributed by atoms with van der Waals surface area (Å²) in [7, 11) is 0. The second-order valence-corrected chi connectivity index (χ2v) is 7.13. The standard InChI is InChI=1S/C21H18N2O3S/c24-20(14-26-17-5-2-1-3-6-17)22-16-8-9-18-15(13-16)10-11-23(18)21(25)19-7-4-12-27-19/h1-9,12-13H,10-11,14H2,(H,22,24). The second kappa shape index (κ2) is 7.63. The number of benzene rings is 2. The first-order chi connectivity index (χ1) is 13.2. The Labute approximate surface area is 161 Å². The van der Waals surface area contributed by atoms with Gasteiger partial charge in [0.05, 0.1) is 4.88 Å². The summed E-state index contributed by atoms with van der Waals surface area (Å²) in [6, 6.07) is 18.6. The van der Waals surface area contributed by atoms with Crippen molar-refractivity contribution in [2.45, 2.75) is 6.42 Å². The van der Waals surface area contributed by atoms with Crippen LogP contribution in [0.2, 0.25) is 0 Å². The molecule has 0 atom stereocenters. The number of hydrogen-bond acceptors (Lipinski definition) is 4. The molecule has 2 aromatic carbocycles. The third kappa shape index (κ3) is 3.85. The molecule has 0 fully saturated rings. The zero-order chi connectivity index (χ0) is 18.6. The number of carbonyl (C=O) groups excluding carboxylic acids is 2. The Bertz CT molecular complexity index is 955. The topological polar surface area (TPSA) is 58.6 Å². The van der Waals surface area contributed by atoms with E-state index in [2.05, 4.69) is 5.32 Å². The average Bonchev–Trinajstić information content (AvgIpc) is 3.36. The van der Waals surface area contributed by atoms with E-state index in [1.807, 2.05) is 66.0 Å². The Morgan fingerprint density at radius 3 is 2.70 bits per heavy atom. The van der Waals surface area contributed by atoms with Crippen LogP contribution in [0.3, 0.4) is 0 Å². The van der Waals surface area contributed by atoms with Gasteiger partial charge in [-0.15, -0.1) is 11.3 Å². The summed E-state index contributed by atoms with van der Waals surface area (Å²) in [6.45, 7) is 0.602. The molecule has 1 aromatic heterocycles. The molecule has 0 spiro atoms. The van der Waals surface area contributed by atoms with E-state index in [9.17, 15) is 9.59 Å². The van der Waals surface area contributed by atoms with Gasteiger partial charge in [-0.1, -0.05) is 24.3 Å². The number of rotatable bonds is 5. The fourth-order valence-electron chi connectivity index (χ4n) is 3.09. The lowest BCUT2D eigenvalue weighted by Crippen LogP contribution is -2.28. The van der Waals surface area contributed by atoms with E-state index >= 15 is 0 Å². The van der Waals surface area contributed by atoms with Gasteiger partial charge in [-0.05, 0) is 53.8 Å². The fourth-order valence-corrected chi connectivity index (χ4v) is 3.76. The van der Waals surface area contributed by atoms with Gasteiger partial charge in [0.2, 0.25) is 0 Å². The van der Waals surface area contributed by atoms with Crippen molar-refractivity contribution < 1.29 is 14.3 Å². The summed E-state index contributed by atoms with van der Waals surface area (Å²) >= 11 is 1.45. The number of anilines is 2. The highest BCUT2D eigenvalue weighted by atomic mass is 32.1. The van der Waals surface area contributed by atoms with Crippen molar-refractivity contribution >= 4 is 34.5 Å². The highest BCUT2D eigenvalue weighted by Crippen LogP contribution is 2.32. The van der Waals surface area contributed by atoms with E-state index in [1.165, 1.54) is 11.3 Å². The third-order valence-electron chi connectivity index (χ3n) is 4.35. The van der Waals surface area contributed by atoms with Crippen LogP contribution in [0.5, 0.6) is 5.75 Å². The molecule has 1 aliphatic rings. The molecule has 6 heteroatoms. The van der Waals surface area contributed by atoms with Crippen LogP contribution in [0, 0.1) is 0 Å². The van der Waals surface area contributed by atoms with E-state index in [0.717, 1.165) is 22.5 Å². The van der Waals surface area contributed by atoms with Crippen molar-refractivity contribution in [3.8, 4) is 5.75 Å². The molecule has 0 aliphatic carbocycles. The molecule has 4 rings (SSSR count). The number of carbonyl (C=O) groups is 2. The van der Waals surface area contributed by atoms with Gasteiger partial charge in [-0.2, -0.15) is 0 Å². The Hall–Kier alpha value is -3.12. The number of thiophene rings is 1. The first-order valence-corrected chi connectivity index (χ1v) is 9.55. The predicted octanol–water partition coefficient (Wildman–Crippen LogP) is 3.97. The molecule has 0 saturated heterocycles. The molecule has 27 heavy (non-hydrogen) atoms. The largest absolute Gasteiger partial charge is 0.484 e. The quantitative estimate of drug-likeness (QED) is 0.731. The summed E-state index contributed by atoms with van der Waals surface area (Å²) in [4.78, 5) is 27.2. The minimum Gasteiger partial charge on any atom is -0.484 e. The molecule has 0 bridgehead atoms. The van der Waals surface area contributed by atoms with Crippen molar-refractivity contribution in [2.75, 3.05) is 23.4 Å². The summed E-state index contributed by atoms with van der Waals surface area (Å²) in [6.07, 6.45) is 0.774. The fraction of sp³-hybridized carbons (Fsp3) is 0.143. The first kappa shape index (κ1) is 17.3. The van der Waals surface area contributed by atoms with Crippen molar-refractivity contribution in [3.05, 3.63) is 76.5 Å². The molecule has 0 unspecified atom stereocenters. The van der Waals surface area contributed by atoms with Crippen LogP contribution in [0.1, 0.15) is 15.2 Å². The van der Waals surface area contributed by atoms with Gasteiger partial charge in [0.25, 0.3) is 11.8 Å². The van der Waals surface area contributed by atoms with Crippen molar-refractivity contribution in [1.82, 2.24) is 0 Å². The molecule has 1 N–H and O–H groups in total. The maximum Gasteiger partial charge on any atom is 0.268 e. The van der Waals surface area contributed by atoms with Gasteiger partial charge in [-0.25, -0.2) is 0 Å². The highest BCUT2D eigenvalue weighted by molar-refractivity contribution is 7.12. The van der Waals surface area contributed by atoms with E-state index in [0.29, 0.717) is 18.0 Å². The number of ether oxygens (including phenoxy) is 1. The van der Waals surface area contributed by atoms with Gasteiger partial charge in [0.15, 0.2) is 6.61 Å². The zero-order valence-electron chi connectivity index (χ0n) is 14.6. The SMILES string of the molecule is O=C(COc1ccccc1)Nc1ccc2c(c1)CCN2C(=O)c1cccs1. The van der Waals surface area contributed by atoms with Gasteiger partial charge in [0.1, 0.15) is 5.75 Å². The minimum atomic E-state index is -0.219. The Morgan fingerprint density at radius 2 is 1.93 bits per heavy atom. The third-order valence-corrected chi connectivity index (χ3v) is 5.21. The lowest BCUT2D eigenvalue weighted by atomic mass is 10.1. The summed E-state index contributed by atoms with van der Waals surface area (Å²) in [5, 5.41) is 4.75. The number of amides is 2. The van der Waals surface area contributed by atoms with Gasteiger partial charge in [-0.3, -0.25) is 9.59 Å². The van der Waals surface area contributed by atoms with Crippen LogP contribution in [0.25, 0.3) is 0 Å². The average molecular weight is 378 g/mol. The lowest BCUT2D eigenvalue weighted by Gasteiger charge is -2.16. The molecular formula is C21H18N2O3S. The molecule has 3 aromatic rings. The molecule has 5 nitrogen and oxygen atoms in total. The second-order valence-electron chi connectivity index (χ2n) is 6.18. The molecule has 0 radical (unpaired) electrons. The predicted molar refractivity (Wildman–Crippen MR) is 107 cm³/mol. The molecule has 2 amide bonds. The maximum atomic E-state index is 12.6. The van der Waals surface area contributed by atoms with E-state index in [4.69, 9.17) is 4.74 Å². The van der Waals surface area contributed by atoms with Crippen LogP contribution < -0.4 is 15.0 Å². The normalized spacial score (nSPS) is 12.5. The maximum absolute atomic E-state index is 12.6. The molecule has 136 valence electrons. The zero-order valence-corrected chi connectivity index (χ0v) is 15.4. The number of nitrogens with one attached hydrogen (secondary N) is 1. The van der Waals surface area contributed by atoms with Crippen molar-refractivity contribution in [2.24, 2.45) is 0 Å². The molecule has 2 heterocycles. The monoisotopic (exact) mass is 378 g/mol. The first-order valence-electron chi connectivity index (χ1n) is 8.67. The van der Waals surface area contributed by atoms with Crippen LogP contribution in [-0.4, -0.2) is 25.0 Å². The number of nitrogens with zero attached hydrogens (tertiary/aromatic N) is 1. The number of para-hydroxylation sites is 1. The Morgan fingerprint density at radius 1 is 1.07 bits per heavy atom. The highest BCUT2D eigenvalue weighted by Gasteiger charge is 2.26. The Kier molecular flexibility index (Phi) is 4.89. The Balaban J connectivity index is 1.40. The van der Waals surface area contributed by atoms with Gasteiger partial charge >= 0.3 is 0 Å². The number of hydrogen-bond donors (Lipinski definition) is 1. The van der Waals surface area contributed by atoms with E-state index in [-0.39, 0.29) is 18.4 Å². The number of fused-ring (bicyclic) bond motifs is 1. The van der Waals surface area contributed by atoms with E-state index < -0.39 is 0 Å². The van der Waals surface area contributed by atoms with Crippen LogP contribution in [0.4, 0.5) is 11.4 Å². The minimum absolute atomic E-state index is 0.0248. The van der Waals surface area contributed by atoms with E-state index in [1.54, 1.807) is 4.90 Å². The molecule has 0 saturated carbocycles. The van der Waals surface area contributed by atoms with Crippen LogP contribution >= 0.6 is 11.3 Å². The van der Waals surface area contributed by atoms with Crippen LogP contribution in [0.15, 0.2) is 66.0 Å². The lowest BCUT2D eigenvalue weighted by molar-refractivity contribution is -0.118. The smallest absolute Gasteiger partial charge is 0.268 e. The van der Waals surface area contributed by atoms with Crippen molar-refractivity contribution in [3.63, 3.8) is 0 Å². The summed E-state index contributed by atoms with van der Waals surface area (Å²) in [5.74, 6) is 0.462. The summed E-state index contributed by atoms with van der Waals surface area (Å²) < 4.78 is 5.46. The summed E-state index contributed by atoms with van der Waals surface area (Å²) in [5.41, 5.74) is 2.68. The molecule has 1 aliphatic heterocycles.